The van der Waals surface area contributed by atoms with Crippen LogP contribution in [0.4, 0.5) is 0 Å². The lowest BCUT2D eigenvalue weighted by atomic mass is 10.2. The smallest absolute Gasteiger partial charge is 0.191 e. The molecule has 0 aliphatic carbocycles. The van der Waals surface area contributed by atoms with Crippen LogP contribution in [-0.2, 0) is 0 Å². The predicted molar refractivity (Wildman–Crippen MR) is 82.1 cm³/mol. The van der Waals surface area contributed by atoms with E-state index in [9.17, 15) is 4.79 Å². The van der Waals surface area contributed by atoms with Crippen LogP contribution in [0.25, 0.3) is 16.7 Å². The van der Waals surface area contributed by atoms with Gasteiger partial charge in [0.05, 0.1) is 16.1 Å². The number of aromatic nitrogens is 2. The van der Waals surface area contributed by atoms with Crippen LogP contribution < -0.4 is 5.43 Å². The molecule has 0 atom stereocenters. The molecular weight excluding hydrogens is 295 g/mol. The van der Waals surface area contributed by atoms with Crippen LogP contribution in [0.2, 0.25) is 10.2 Å². The minimum Gasteiger partial charge on any atom is -0.300 e. The van der Waals surface area contributed by atoms with E-state index in [-0.39, 0.29) is 5.43 Å². The zero-order valence-corrected chi connectivity index (χ0v) is 12.1. The summed E-state index contributed by atoms with van der Waals surface area (Å²) in [5.41, 5.74) is 2.24. The number of pyridine rings is 2. The number of aryl methyl sites for hydroxylation is 1. The zero-order valence-electron chi connectivity index (χ0n) is 10.6. The number of hydrogen-bond acceptors (Lipinski definition) is 2. The lowest BCUT2D eigenvalue weighted by molar-refractivity contribution is 1.06. The molecule has 20 heavy (non-hydrogen) atoms. The van der Waals surface area contributed by atoms with Gasteiger partial charge in [0.15, 0.2) is 5.43 Å². The Morgan fingerprint density at radius 2 is 1.90 bits per heavy atom. The molecule has 0 unspecified atom stereocenters. The van der Waals surface area contributed by atoms with Gasteiger partial charge in [0.1, 0.15) is 10.8 Å². The van der Waals surface area contributed by atoms with Crippen molar-refractivity contribution >= 4 is 34.2 Å². The quantitative estimate of drug-likeness (QED) is 0.637. The molecule has 0 bridgehead atoms. The molecule has 3 rings (SSSR count). The molecule has 0 radical (unpaired) electrons. The average Bonchev–Trinajstić information content (AvgIpc) is 2.42. The molecule has 0 spiro atoms. The van der Waals surface area contributed by atoms with E-state index in [1.165, 1.54) is 6.07 Å². The summed E-state index contributed by atoms with van der Waals surface area (Å²) < 4.78 is 1.78. The van der Waals surface area contributed by atoms with Gasteiger partial charge in [0, 0.05) is 12.3 Å². The van der Waals surface area contributed by atoms with Crippen molar-refractivity contribution in [3.63, 3.8) is 0 Å². The highest BCUT2D eigenvalue weighted by molar-refractivity contribution is 6.32. The van der Waals surface area contributed by atoms with Crippen LogP contribution in [0.15, 0.2) is 47.4 Å². The van der Waals surface area contributed by atoms with Crippen LogP contribution in [0.3, 0.4) is 0 Å². The van der Waals surface area contributed by atoms with E-state index in [4.69, 9.17) is 23.2 Å². The Morgan fingerprint density at radius 1 is 1.10 bits per heavy atom. The van der Waals surface area contributed by atoms with Crippen molar-refractivity contribution < 1.29 is 0 Å². The van der Waals surface area contributed by atoms with Crippen LogP contribution in [0, 0.1) is 6.92 Å². The number of halogens is 2. The second kappa shape index (κ2) is 4.93. The molecule has 0 saturated carbocycles. The lowest BCUT2D eigenvalue weighted by Crippen LogP contribution is -2.08. The molecule has 100 valence electrons. The first-order chi connectivity index (χ1) is 9.56. The highest BCUT2D eigenvalue weighted by Gasteiger charge is 2.09. The van der Waals surface area contributed by atoms with E-state index in [2.05, 4.69) is 4.98 Å². The second-order valence-corrected chi connectivity index (χ2v) is 5.30. The Bertz CT molecular complexity index is 871. The molecule has 0 saturated heterocycles. The molecule has 0 fully saturated rings. The summed E-state index contributed by atoms with van der Waals surface area (Å²) in [6.07, 6.45) is 1.66. The number of benzene rings is 1. The molecule has 0 amide bonds. The van der Waals surface area contributed by atoms with Crippen molar-refractivity contribution in [1.29, 1.82) is 0 Å². The van der Waals surface area contributed by atoms with Crippen molar-refractivity contribution in [2.24, 2.45) is 0 Å². The molecule has 2 aromatic heterocycles. The summed E-state index contributed by atoms with van der Waals surface area (Å²) in [4.78, 5) is 16.1. The summed E-state index contributed by atoms with van der Waals surface area (Å²) in [6.45, 7) is 1.98. The van der Waals surface area contributed by atoms with Crippen molar-refractivity contribution in [3.8, 4) is 5.69 Å². The largest absolute Gasteiger partial charge is 0.300 e. The zero-order chi connectivity index (χ0) is 14.3. The molecule has 0 aliphatic rings. The number of rotatable bonds is 1. The van der Waals surface area contributed by atoms with Crippen LogP contribution in [0.5, 0.6) is 0 Å². The summed E-state index contributed by atoms with van der Waals surface area (Å²) in [6, 6.07) is 10.5. The van der Waals surface area contributed by atoms with Gasteiger partial charge in [0.25, 0.3) is 0 Å². The Balaban J connectivity index is 2.42. The summed E-state index contributed by atoms with van der Waals surface area (Å²) in [5.74, 6) is 0. The Kier molecular flexibility index (Phi) is 3.24. The van der Waals surface area contributed by atoms with E-state index in [1.807, 2.05) is 25.1 Å². The first-order valence-electron chi connectivity index (χ1n) is 6.01. The third-order valence-corrected chi connectivity index (χ3v) is 3.60. The summed E-state index contributed by atoms with van der Waals surface area (Å²) in [5, 5.41) is 1.43. The van der Waals surface area contributed by atoms with Crippen molar-refractivity contribution in [3.05, 3.63) is 68.6 Å². The fourth-order valence-electron chi connectivity index (χ4n) is 2.11. The number of hydrogen-bond donors (Lipinski definition) is 0. The number of nitrogens with zero attached hydrogens (tertiary/aromatic N) is 2. The fourth-order valence-corrected chi connectivity index (χ4v) is 2.46. The van der Waals surface area contributed by atoms with Crippen LogP contribution in [0.1, 0.15) is 5.56 Å². The normalized spacial score (nSPS) is 10.9. The number of fused-ring (bicyclic) bond motifs is 1. The first kappa shape index (κ1) is 13.2. The van der Waals surface area contributed by atoms with Crippen molar-refractivity contribution in [1.82, 2.24) is 9.55 Å². The molecular formula is C15H10Cl2N2O. The summed E-state index contributed by atoms with van der Waals surface area (Å²) >= 11 is 12.2. The predicted octanol–water partition coefficient (Wildman–Crippen LogP) is 4.00. The summed E-state index contributed by atoms with van der Waals surface area (Å²) in [7, 11) is 0. The van der Waals surface area contributed by atoms with E-state index < -0.39 is 0 Å². The van der Waals surface area contributed by atoms with E-state index in [0.717, 1.165) is 11.3 Å². The maximum Gasteiger partial charge on any atom is 0.191 e. The maximum absolute atomic E-state index is 11.9. The van der Waals surface area contributed by atoms with E-state index in [1.54, 1.807) is 22.9 Å². The third kappa shape index (κ3) is 2.19. The molecule has 3 nitrogen and oxygen atoms in total. The highest BCUT2D eigenvalue weighted by atomic mass is 35.5. The van der Waals surface area contributed by atoms with Gasteiger partial charge in [-0.2, -0.15) is 0 Å². The van der Waals surface area contributed by atoms with Gasteiger partial charge in [-0.05, 0) is 36.8 Å². The average molecular weight is 305 g/mol. The van der Waals surface area contributed by atoms with Crippen molar-refractivity contribution in [2.75, 3.05) is 0 Å². The van der Waals surface area contributed by atoms with Crippen molar-refractivity contribution in [2.45, 2.75) is 6.92 Å². The molecule has 0 aliphatic heterocycles. The Labute approximate surface area is 125 Å². The Hall–Kier alpha value is -1.84. The van der Waals surface area contributed by atoms with Gasteiger partial charge >= 0.3 is 0 Å². The maximum atomic E-state index is 11.9. The standard InChI is InChI=1S/C15H10Cl2N2O/c1-9-2-4-11(16)12(8-9)19-7-6-13(20)10-3-5-14(17)18-15(10)19/h2-8H,1H3. The van der Waals surface area contributed by atoms with Gasteiger partial charge in [-0.25, -0.2) is 4.98 Å². The SMILES string of the molecule is Cc1ccc(Cl)c(-n2ccc(=O)c3ccc(Cl)nc32)c1. The topological polar surface area (TPSA) is 34.9 Å². The fraction of sp³-hybridized carbons (Fsp3) is 0.0667. The van der Waals surface area contributed by atoms with Gasteiger partial charge in [-0.3, -0.25) is 9.36 Å². The molecule has 1 aromatic carbocycles. The van der Waals surface area contributed by atoms with Gasteiger partial charge in [-0.1, -0.05) is 29.3 Å². The molecule has 0 N–H and O–H groups in total. The van der Waals surface area contributed by atoms with Crippen LogP contribution in [-0.4, -0.2) is 9.55 Å². The minimum absolute atomic E-state index is 0.0933. The third-order valence-electron chi connectivity index (χ3n) is 3.07. The van der Waals surface area contributed by atoms with Gasteiger partial charge in [0.2, 0.25) is 0 Å². The van der Waals surface area contributed by atoms with Gasteiger partial charge in [-0.15, -0.1) is 0 Å². The van der Waals surface area contributed by atoms with E-state index >= 15 is 0 Å². The first-order valence-corrected chi connectivity index (χ1v) is 6.76. The van der Waals surface area contributed by atoms with E-state index in [0.29, 0.717) is 21.2 Å². The second-order valence-electron chi connectivity index (χ2n) is 4.51. The Morgan fingerprint density at radius 3 is 2.70 bits per heavy atom. The van der Waals surface area contributed by atoms with Gasteiger partial charge < -0.3 is 0 Å². The molecule has 3 aromatic rings. The monoisotopic (exact) mass is 304 g/mol. The minimum atomic E-state index is -0.0933. The highest BCUT2D eigenvalue weighted by Crippen LogP contribution is 2.24. The molecule has 5 heteroatoms. The lowest BCUT2D eigenvalue weighted by Gasteiger charge is -2.12. The molecule has 2 heterocycles. The van der Waals surface area contributed by atoms with Crippen LogP contribution >= 0.6 is 23.2 Å².